The molecule has 0 unspecified atom stereocenters. The van der Waals surface area contributed by atoms with Crippen molar-refractivity contribution in [2.45, 2.75) is 13.0 Å². The van der Waals surface area contributed by atoms with E-state index < -0.39 is 0 Å². The lowest BCUT2D eigenvalue weighted by molar-refractivity contribution is -0.117. The van der Waals surface area contributed by atoms with Crippen LogP contribution in [0.1, 0.15) is 6.92 Å². The van der Waals surface area contributed by atoms with Crippen LogP contribution in [0.4, 0.5) is 11.5 Å². The van der Waals surface area contributed by atoms with E-state index >= 15 is 0 Å². The van der Waals surface area contributed by atoms with Gasteiger partial charge in [-0.3, -0.25) is 9.59 Å². The number of carbonyl (C=O) groups is 1. The Hall–Kier alpha value is -2.61. The van der Waals surface area contributed by atoms with Crippen molar-refractivity contribution in [3.8, 4) is 5.88 Å². The zero-order valence-corrected chi connectivity index (χ0v) is 15.5. The normalized spacial score (nSPS) is 11.5. The van der Waals surface area contributed by atoms with Gasteiger partial charge in [-0.2, -0.15) is 4.98 Å². The maximum atomic E-state index is 12.0. The van der Waals surface area contributed by atoms with Crippen LogP contribution in [0.5, 0.6) is 5.88 Å². The Labute approximate surface area is 153 Å². The van der Waals surface area contributed by atoms with Crippen molar-refractivity contribution in [3.63, 3.8) is 0 Å². The number of ether oxygens (including phenoxy) is 1. The topological polar surface area (TPSA) is 87.3 Å². The second kappa shape index (κ2) is 8.48. The van der Waals surface area contributed by atoms with Crippen LogP contribution in [-0.2, 0) is 4.79 Å². The predicted molar refractivity (Wildman–Crippen MR) is 100 cm³/mol. The molecule has 25 heavy (non-hydrogen) atoms. The first-order valence-electron chi connectivity index (χ1n) is 7.55. The van der Waals surface area contributed by atoms with Crippen LogP contribution >= 0.6 is 15.9 Å². The molecule has 2 aromatic rings. The Bertz CT molecular complexity index is 822. The molecule has 0 aliphatic heterocycles. The molecule has 7 nitrogen and oxygen atoms in total. The largest absolute Gasteiger partial charge is 0.475 e. The first-order chi connectivity index (χ1) is 11.9. The number of nitrogens with zero attached hydrogens (tertiary/aromatic N) is 2. The van der Waals surface area contributed by atoms with Gasteiger partial charge in [0.25, 0.3) is 5.56 Å². The van der Waals surface area contributed by atoms with Gasteiger partial charge in [-0.1, -0.05) is 12.6 Å². The third kappa shape index (κ3) is 5.18. The monoisotopic (exact) mass is 406 g/mol. The molecule has 2 N–H and O–H groups in total. The molecule has 0 radical (unpaired) electrons. The number of aromatic nitrogens is 2. The van der Waals surface area contributed by atoms with E-state index in [1.165, 1.54) is 6.08 Å². The highest BCUT2D eigenvalue weighted by Gasteiger charge is 2.12. The van der Waals surface area contributed by atoms with Crippen LogP contribution in [0, 0.1) is 0 Å². The first kappa shape index (κ1) is 18.7. The minimum atomic E-state index is -0.258. The Balaban J connectivity index is 2.10. The predicted octanol–water partition coefficient (Wildman–Crippen LogP) is 2.37. The average Bonchev–Trinajstić information content (AvgIpc) is 2.61. The van der Waals surface area contributed by atoms with Gasteiger partial charge in [-0.05, 0) is 41.1 Å². The van der Waals surface area contributed by atoms with Crippen LogP contribution in [0.3, 0.4) is 0 Å². The second-order valence-corrected chi connectivity index (χ2v) is 6.27. The molecule has 0 saturated carbocycles. The van der Waals surface area contributed by atoms with E-state index in [-0.39, 0.29) is 24.1 Å². The fraction of sp³-hybridized carbons (Fsp3) is 0.235. The molecule has 0 aliphatic rings. The standard InChI is InChI=1S/C17H19BrN4O3/c1-4-15(23)20-11(2)10-25-16-7-5-6-14(21-16)22(3)13-8-12(18)9-19-17(13)24/h4-9,11H,1,10H2,2-3H3,(H,19,24)(H,20,23)/t11-/m0/s1. The van der Waals surface area contributed by atoms with E-state index in [0.29, 0.717) is 17.4 Å². The lowest BCUT2D eigenvalue weighted by Gasteiger charge is -2.19. The number of rotatable bonds is 7. The number of halogens is 1. The van der Waals surface area contributed by atoms with Crippen LogP contribution in [-0.4, -0.2) is 35.6 Å². The van der Waals surface area contributed by atoms with Gasteiger partial charge in [0.2, 0.25) is 11.8 Å². The van der Waals surface area contributed by atoms with Gasteiger partial charge in [0.15, 0.2) is 0 Å². The third-order valence-electron chi connectivity index (χ3n) is 3.32. The lowest BCUT2D eigenvalue weighted by Crippen LogP contribution is -2.35. The molecule has 0 saturated heterocycles. The second-order valence-electron chi connectivity index (χ2n) is 5.35. The molecular weight excluding hydrogens is 388 g/mol. The van der Waals surface area contributed by atoms with Crippen molar-refractivity contribution < 1.29 is 9.53 Å². The summed E-state index contributed by atoms with van der Waals surface area (Å²) in [7, 11) is 1.75. The summed E-state index contributed by atoms with van der Waals surface area (Å²) in [5, 5.41) is 2.71. The summed E-state index contributed by atoms with van der Waals surface area (Å²) in [6.45, 7) is 5.48. The minimum absolute atomic E-state index is 0.193. The summed E-state index contributed by atoms with van der Waals surface area (Å²) in [4.78, 5) is 31.9. The highest BCUT2D eigenvalue weighted by Crippen LogP contribution is 2.22. The number of carbonyl (C=O) groups excluding carboxylic acids is 1. The maximum Gasteiger partial charge on any atom is 0.271 e. The fourth-order valence-electron chi connectivity index (χ4n) is 2.04. The summed E-state index contributed by atoms with van der Waals surface area (Å²) >= 11 is 3.33. The van der Waals surface area contributed by atoms with Crippen molar-refractivity contribution in [1.29, 1.82) is 0 Å². The molecule has 2 heterocycles. The summed E-state index contributed by atoms with van der Waals surface area (Å²) in [5.41, 5.74) is 0.227. The molecule has 8 heteroatoms. The Morgan fingerprint density at radius 1 is 1.56 bits per heavy atom. The smallest absolute Gasteiger partial charge is 0.271 e. The number of anilines is 2. The molecule has 1 amide bonds. The summed E-state index contributed by atoms with van der Waals surface area (Å²) < 4.78 is 6.37. The van der Waals surface area contributed by atoms with Gasteiger partial charge in [-0.25, -0.2) is 0 Å². The summed E-state index contributed by atoms with van der Waals surface area (Å²) in [6, 6.07) is 6.79. The van der Waals surface area contributed by atoms with Crippen molar-refractivity contribution >= 4 is 33.3 Å². The lowest BCUT2D eigenvalue weighted by atomic mass is 10.3. The number of pyridine rings is 2. The van der Waals surface area contributed by atoms with Crippen molar-refractivity contribution in [3.05, 3.63) is 57.9 Å². The van der Waals surface area contributed by atoms with E-state index in [2.05, 4.69) is 37.8 Å². The molecule has 1 atom stereocenters. The molecule has 2 rings (SSSR count). The van der Waals surface area contributed by atoms with Crippen molar-refractivity contribution in [2.24, 2.45) is 0 Å². The summed E-state index contributed by atoms with van der Waals surface area (Å²) in [6.07, 6.45) is 2.78. The molecule has 0 bridgehead atoms. The molecule has 0 fully saturated rings. The molecule has 132 valence electrons. The van der Waals surface area contributed by atoms with Crippen molar-refractivity contribution in [2.75, 3.05) is 18.6 Å². The van der Waals surface area contributed by atoms with Gasteiger partial charge in [-0.15, -0.1) is 0 Å². The first-order valence-corrected chi connectivity index (χ1v) is 8.34. The number of hydrogen-bond acceptors (Lipinski definition) is 5. The molecule has 0 aromatic carbocycles. The van der Waals surface area contributed by atoms with Crippen LogP contribution < -0.4 is 20.5 Å². The van der Waals surface area contributed by atoms with Gasteiger partial charge >= 0.3 is 0 Å². The molecule has 2 aromatic heterocycles. The van der Waals surface area contributed by atoms with Crippen LogP contribution in [0.15, 0.2) is 52.4 Å². The highest BCUT2D eigenvalue weighted by atomic mass is 79.9. The van der Waals surface area contributed by atoms with Gasteiger partial charge < -0.3 is 19.9 Å². The summed E-state index contributed by atoms with van der Waals surface area (Å²) in [5.74, 6) is 0.700. The number of hydrogen-bond donors (Lipinski definition) is 2. The van der Waals surface area contributed by atoms with E-state index in [9.17, 15) is 9.59 Å². The van der Waals surface area contributed by atoms with E-state index in [1.807, 2.05) is 6.92 Å². The number of nitrogens with one attached hydrogen (secondary N) is 2. The molecule has 0 aliphatic carbocycles. The Morgan fingerprint density at radius 3 is 3.04 bits per heavy atom. The Morgan fingerprint density at radius 2 is 2.32 bits per heavy atom. The molecule has 0 spiro atoms. The third-order valence-corrected chi connectivity index (χ3v) is 3.78. The Kier molecular flexibility index (Phi) is 6.35. The SMILES string of the molecule is C=CC(=O)N[C@@H](C)COc1cccc(N(C)c2cc(Br)c[nH]c2=O)n1. The quantitative estimate of drug-likeness (QED) is 0.689. The van der Waals surface area contributed by atoms with Crippen LogP contribution in [0.25, 0.3) is 0 Å². The zero-order valence-electron chi connectivity index (χ0n) is 14.0. The zero-order chi connectivity index (χ0) is 18.4. The fourth-order valence-corrected chi connectivity index (χ4v) is 2.38. The van der Waals surface area contributed by atoms with E-state index in [4.69, 9.17) is 4.74 Å². The number of aromatic amines is 1. The van der Waals surface area contributed by atoms with E-state index in [1.54, 1.807) is 42.4 Å². The average molecular weight is 407 g/mol. The number of amides is 1. The van der Waals surface area contributed by atoms with E-state index in [0.717, 1.165) is 4.47 Å². The van der Waals surface area contributed by atoms with Gasteiger partial charge in [0.05, 0.1) is 6.04 Å². The molecular formula is C17H19BrN4O3. The van der Waals surface area contributed by atoms with Crippen molar-refractivity contribution in [1.82, 2.24) is 15.3 Å². The number of H-pyrrole nitrogens is 1. The van der Waals surface area contributed by atoms with Gasteiger partial charge in [0, 0.05) is 23.8 Å². The van der Waals surface area contributed by atoms with Crippen LogP contribution in [0.2, 0.25) is 0 Å². The highest BCUT2D eigenvalue weighted by molar-refractivity contribution is 9.10. The maximum absolute atomic E-state index is 12.0. The minimum Gasteiger partial charge on any atom is -0.475 e. The van der Waals surface area contributed by atoms with Gasteiger partial charge in [0.1, 0.15) is 18.1 Å².